The van der Waals surface area contributed by atoms with Gasteiger partial charge in [0.1, 0.15) is 12.1 Å². The lowest BCUT2D eigenvalue weighted by molar-refractivity contribution is -0.148. The molecule has 2 aromatic carbocycles. The van der Waals surface area contributed by atoms with Gasteiger partial charge in [-0.2, -0.15) is 0 Å². The number of rotatable bonds is 9. The largest absolute Gasteiger partial charge is 0.347 e. The average Bonchev–Trinajstić information content (AvgIpc) is 3.33. The van der Waals surface area contributed by atoms with Crippen LogP contribution in [0.15, 0.2) is 54.6 Å². The third-order valence-electron chi connectivity index (χ3n) is 7.81. The SMILES string of the molecule is CN[C@@H](C)C(=O)N[C@H](C(=O)N1CCN(Cc2ccccc2)C[C@H]1C(=O)NC1CCc2ccccc21)C(C)C. The molecule has 0 radical (unpaired) electrons. The Bertz CT molecular complexity index is 1120. The summed E-state index contributed by atoms with van der Waals surface area (Å²) in [7, 11) is 1.71. The predicted octanol–water partition coefficient (Wildman–Crippen LogP) is 2.25. The van der Waals surface area contributed by atoms with Gasteiger partial charge in [-0.1, -0.05) is 68.4 Å². The van der Waals surface area contributed by atoms with E-state index >= 15 is 0 Å². The fourth-order valence-electron chi connectivity index (χ4n) is 5.39. The highest BCUT2D eigenvalue weighted by atomic mass is 16.2. The van der Waals surface area contributed by atoms with Crippen molar-refractivity contribution in [2.45, 2.75) is 64.3 Å². The van der Waals surface area contributed by atoms with E-state index in [1.807, 2.05) is 44.2 Å². The first-order valence-corrected chi connectivity index (χ1v) is 13.7. The minimum absolute atomic E-state index is 0.0581. The van der Waals surface area contributed by atoms with Gasteiger partial charge < -0.3 is 20.9 Å². The van der Waals surface area contributed by atoms with Crippen LogP contribution in [-0.4, -0.2) is 72.3 Å². The molecule has 0 aromatic heterocycles. The van der Waals surface area contributed by atoms with Gasteiger partial charge in [-0.25, -0.2) is 0 Å². The lowest BCUT2D eigenvalue weighted by atomic mass is 9.99. The first kappa shape index (κ1) is 27.8. The third kappa shape index (κ3) is 6.42. The molecular weight excluding hydrogens is 478 g/mol. The molecule has 0 spiro atoms. The van der Waals surface area contributed by atoms with E-state index in [1.165, 1.54) is 11.1 Å². The number of aryl methyl sites for hydroxylation is 1. The van der Waals surface area contributed by atoms with E-state index in [2.05, 4.69) is 45.1 Å². The molecule has 8 nitrogen and oxygen atoms in total. The Hall–Kier alpha value is -3.23. The average molecular weight is 520 g/mol. The quantitative estimate of drug-likeness (QED) is 0.473. The Morgan fingerprint density at radius 3 is 2.39 bits per heavy atom. The monoisotopic (exact) mass is 519 g/mol. The summed E-state index contributed by atoms with van der Waals surface area (Å²) in [5, 5.41) is 9.10. The zero-order valence-corrected chi connectivity index (χ0v) is 22.9. The maximum atomic E-state index is 13.9. The van der Waals surface area contributed by atoms with E-state index in [4.69, 9.17) is 0 Å². The molecule has 1 unspecified atom stereocenters. The Labute approximate surface area is 226 Å². The van der Waals surface area contributed by atoms with Crippen molar-refractivity contribution in [3.8, 4) is 0 Å². The van der Waals surface area contributed by atoms with Gasteiger partial charge in [0.15, 0.2) is 0 Å². The van der Waals surface area contributed by atoms with Crippen molar-refractivity contribution in [2.75, 3.05) is 26.7 Å². The highest BCUT2D eigenvalue weighted by Crippen LogP contribution is 2.31. The number of fused-ring (bicyclic) bond motifs is 1. The van der Waals surface area contributed by atoms with Crippen molar-refractivity contribution in [3.63, 3.8) is 0 Å². The van der Waals surface area contributed by atoms with Crippen LogP contribution in [0.2, 0.25) is 0 Å². The minimum atomic E-state index is -0.707. The van der Waals surface area contributed by atoms with Crippen LogP contribution in [0.1, 0.15) is 49.9 Å². The van der Waals surface area contributed by atoms with Gasteiger partial charge in [0.25, 0.3) is 0 Å². The maximum Gasteiger partial charge on any atom is 0.246 e. The van der Waals surface area contributed by atoms with Gasteiger partial charge in [0, 0.05) is 26.2 Å². The molecule has 1 aliphatic carbocycles. The number of benzene rings is 2. The Morgan fingerprint density at radius 1 is 0.974 bits per heavy atom. The van der Waals surface area contributed by atoms with Crippen molar-refractivity contribution < 1.29 is 14.4 Å². The van der Waals surface area contributed by atoms with Gasteiger partial charge in [-0.15, -0.1) is 0 Å². The highest BCUT2D eigenvalue weighted by molar-refractivity contribution is 5.93. The van der Waals surface area contributed by atoms with Crippen molar-refractivity contribution in [2.24, 2.45) is 5.92 Å². The third-order valence-corrected chi connectivity index (χ3v) is 7.81. The molecule has 2 aromatic rings. The van der Waals surface area contributed by atoms with E-state index in [-0.39, 0.29) is 29.7 Å². The van der Waals surface area contributed by atoms with E-state index < -0.39 is 18.1 Å². The molecule has 1 saturated heterocycles. The lowest BCUT2D eigenvalue weighted by Gasteiger charge is -2.42. The molecule has 38 heavy (non-hydrogen) atoms. The minimum Gasteiger partial charge on any atom is -0.347 e. The number of nitrogens with one attached hydrogen (secondary N) is 3. The van der Waals surface area contributed by atoms with Crippen LogP contribution < -0.4 is 16.0 Å². The van der Waals surface area contributed by atoms with E-state index in [0.717, 1.165) is 18.4 Å². The molecule has 1 aliphatic heterocycles. The number of likely N-dealkylation sites (N-methyl/N-ethyl adjacent to an activating group) is 1. The number of piperazine rings is 1. The summed E-state index contributed by atoms with van der Waals surface area (Å²) in [6.45, 7) is 7.82. The van der Waals surface area contributed by atoms with Crippen molar-refractivity contribution >= 4 is 17.7 Å². The predicted molar refractivity (Wildman–Crippen MR) is 148 cm³/mol. The molecule has 1 fully saturated rings. The summed E-state index contributed by atoms with van der Waals surface area (Å²) in [6.07, 6.45) is 1.78. The number of hydrogen-bond acceptors (Lipinski definition) is 5. The molecule has 8 heteroatoms. The van der Waals surface area contributed by atoms with Gasteiger partial charge >= 0.3 is 0 Å². The normalized spacial score (nSPS) is 21.0. The molecule has 4 atom stereocenters. The smallest absolute Gasteiger partial charge is 0.246 e. The van der Waals surface area contributed by atoms with Crippen LogP contribution in [0, 0.1) is 5.92 Å². The Balaban J connectivity index is 1.54. The number of carbonyl (C=O) groups is 3. The van der Waals surface area contributed by atoms with Crippen LogP contribution >= 0.6 is 0 Å². The second-order valence-corrected chi connectivity index (χ2v) is 10.8. The lowest BCUT2D eigenvalue weighted by Crippen LogP contribution is -2.64. The molecule has 204 valence electrons. The first-order chi connectivity index (χ1) is 18.3. The van der Waals surface area contributed by atoms with Crippen LogP contribution in [0.25, 0.3) is 0 Å². The van der Waals surface area contributed by atoms with Crippen molar-refractivity contribution in [3.05, 3.63) is 71.3 Å². The van der Waals surface area contributed by atoms with Crippen LogP contribution in [0.5, 0.6) is 0 Å². The van der Waals surface area contributed by atoms with E-state index in [9.17, 15) is 14.4 Å². The molecule has 4 rings (SSSR count). The first-order valence-electron chi connectivity index (χ1n) is 13.7. The summed E-state index contributed by atoms with van der Waals surface area (Å²) < 4.78 is 0. The van der Waals surface area contributed by atoms with Gasteiger partial charge in [0.2, 0.25) is 17.7 Å². The maximum absolute atomic E-state index is 13.9. The van der Waals surface area contributed by atoms with Crippen LogP contribution in [-0.2, 0) is 27.3 Å². The van der Waals surface area contributed by atoms with Crippen LogP contribution in [0.3, 0.4) is 0 Å². The second kappa shape index (κ2) is 12.5. The number of nitrogens with zero attached hydrogens (tertiary/aromatic N) is 2. The van der Waals surface area contributed by atoms with E-state index in [1.54, 1.807) is 18.9 Å². The molecular formula is C30H41N5O3. The molecule has 0 saturated carbocycles. The van der Waals surface area contributed by atoms with Gasteiger partial charge in [-0.05, 0) is 49.4 Å². The molecule has 3 N–H and O–H groups in total. The fraction of sp³-hybridized carbons (Fsp3) is 0.500. The van der Waals surface area contributed by atoms with Crippen molar-refractivity contribution in [1.82, 2.24) is 25.8 Å². The summed E-state index contributed by atoms with van der Waals surface area (Å²) in [6, 6.07) is 16.6. The topological polar surface area (TPSA) is 93.8 Å². The zero-order chi connectivity index (χ0) is 27.2. The fourth-order valence-corrected chi connectivity index (χ4v) is 5.39. The van der Waals surface area contributed by atoms with Gasteiger partial charge in [0.05, 0.1) is 12.1 Å². The number of carbonyl (C=O) groups excluding carboxylic acids is 3. The highest BCUT2D eigenvalue weighted by Gasteiger charge is 2.40. The van der Waals surface area contributed by atoms with Crippen molar-refractivity contribution in [1.29, 1.82) is 0 Å². The summed E-state index contributed by atoms with van der Waals surface area (Å²) >= 11 is 0. The zero-order valence-electron chi connectivity index (χ0n) is 22.9. The molecule has 0 bridgehead atoms. The Kier molecular flexibility index (Phi) is 9.17. The molecule has 2 aliphatic rings. The van der Waals surface area contributed by atoms with Crippen LogP contribution in [0.4, 0.5) is 0 Å². The molecule has 1 heterocycles. The van der Waals surface area contributed by atoms with Gasteiger partial charge in [-0.3, -0.25) is 19.3 Å². The second-order valence-electron chi connectivity index (χ2n) is 10.8. The summed E-state index contributed by atoms with van der Waals surface area (Å²) in [5.74, 6) is -0.702. The summed E-state index contributed by atoms with van der Waals surface area (Å²) in [5.41, 5.74) is 3.59. The number of hydrogen-bond donors (Lipinski definition) is 3. The van der Waals surface area contributed by atoms with E-state index in [0.29, 0.717) is 26.2 Å². The standard InChI is InChI=1S/C30H41N5O3/c1-20(2)27(33-28(36)21(3)31-4)30(38)35-17-16-34(18-22-10-6-5-7-11-22)19-26(35)29(37)32-25-15-14-23-12-8-9-13-24(23)25/h5-13,20-21,25-27,31H,14-19H2,1-4H3,(H,32,37)(H,33,36)/t21-,25?,26-,27-/m0/s1. The Morgan fingerprint density at radius 2 is 1.68 bits per heavy atom. The molecule has 3 amide bonds. The number of amides is 3. The summed E-state index contributed by atoms with van der Waals surface area (Å²) in [4.78, 5) is 44.3.